The van der Waals surface area contributed by atoms with Crippen LogP contribution in [0.1, 0.15) is 51.3 Å². The molecule has 0 saturated heterocycles. The Morgan fingerprint density at radius 2 is 1.95 bits per heavy atom. The van der Waals surface area contributed by atoms with E-state index in [4.69, 9.17) is 10.3 Å². The first-order chi connectivity index (χ1) is 9.71. The van der Waals surface area contributed by atoms with E-state index < -0.39 is 0 Å². The summed E-state index contributed by atoms with van der Waals surface area (Å²) in [6.07, 6.45) is 4.33. The predicted octanol–water partition coefficient (Wildman–Crippen LogP) is 4.29. The van der Waals surface area contributed by atoms with E-state index in [0.29, 0.717) is 11.5 Å². The van der Waals surface area contributed by atoms with Crippen LogP contribution in [0, 0.1) is 11.7 Å². The maximum atomic E-state index is 13.7. The van der Waals surface area contributed by atoms with E-state index in [1.807, 2.05) is 12.1 Å². The van der Waals surface area contributed by atoms with Gasteiger partial charge in [0.2, 0.25) is 0 Å². The minimum Gasteiger partial charge on any atom is -0.456 e. The van der Waals surface area contributed by atoms with E-state index in [1.165, 1.54) is 6.07 Å². The molecule has 0 radical (unpaired) electrons. The normalized spacial score (nSPS) is 13.2. The van der Waals surface area contributed by atoms with Gasteiger partial charge in [0, 0.05) is 5.39 Å². The second-order valence-corrected chi connectivity index (χ2v) is 5.29. The standard InChI is InChI=1S/C16H23FN2O/c1-3-6-11(7-4-2)15(19-18)14-10-12-8-5-9-13(17)16(12)20-14/h5,8-11,15,19H,3-4,6-7,18H2,1-2H3. The van der Waals surface area contributed by atoms with E-state index in [2.05, 4.69) is 19.3 Å². The number of hydrazine groups is 1. The Hall–Kier alpha value is -1.39. The van der Waals surface area contributed by atoms with Gasteiger partial charge in [-0.25, -0.2) is 9.82 Å². The van der Waals surface area contributed by atoms with Crippen molar-refractivity contribution in [2.75, 3.05) is 0 Å². The Kier molecular flexibility index (Phi) is 5.15. The maximum Gasteiger partial charge on any atom is 0.169 e. The zero-order chi connectivity index (χ0) is 14.5. The van der Waals surface area contributed by atoms with Gasteiger partial charge in [-0.15, -0.1) is 0 Å². The van der Waals surface area contributed by atoms with Crippen LogP contribution in [0.4, 0.5) is 4.39 Å². The summed E-state index contributed by atoms with van der Waals surface area (Å²) in [6, 6.07) is 6.78. The molecule has 2 rings (SSSR count). The Balaban J connectivity index is 2.34. The number of benzene rings is 1. The second-order valence-electron chi connectivity index (χ2n) is 5.29. The predicted molar refractivity (Wildman–Crippen MR) is 79.5 cm³/mol. The Morgan fingerprint density at radius 3 is 2.50 bits per heavy atom. The van der Waals surface area contributed by atoms with Crippen LogP contribution in [-0.2, 0) is 0 Å². The lowest BCUT2D eigenvalue weighted by Gasteiger charge is -2.24. The van der Waals surface area contributed by atoms with Gasteiger partial charge in [-0.1, -0.05) is 38.8 Å². The molecule has 1 aromatic carbocycles. The fraction of sp³-hybridized carbons (Fsp3) is 0.500. The molecule has 110 valence electrons. The van der Waals surface area contributed by atoms with Crippen molar-refractivity contribution < 1.29 is 8.81 Å². The van der Waals surface area contributed by atoms with Crippen LogP contribution in [0.3, 0.4) is 0 Å². The van der Waals surface area contributed by atoms with Gasteiger partial charge in [-0.05, 0) is 30.9 Å². The zero-order valence-corrected chi connectivity index (χ0v) is 12.2. The number of fused-ring (bicyclic) bond motifs is 1. The number of rotatable bonds is 7. The summed E-state index contributed by atoms with van der Waals surface area (Å²) < 4.78 is 19.4. The molecule has 0 fully saturated rings. The number of halogens is 1. The van der Waals surface area contributed by atoms with Crippen molar-refractivity contribution in [3.8, 4) is 0 Å². The van der Waals surface area contributed by atoms with Crippen LogP contribution in [0.5, 0.6) is 0 Å². The van der Waals surface area contributed by atoms with Gasteiger partial charge in [0.25, 0.3) is 0 Å². The van der Waals surface area contributed by atoms with Crippen molar-refractivity contribution in [2.45, 2.75) is 45.6 Å². The third-order valence-corrected chi connectivity index (χ3v) is 3.79. The molecule has 0 aliphatic heterocycles. The lowest BCUT2D eigenvalue weighted by Crippen LogP contribution is -2.33. The minimum atomic E-state index is -0.327. The summed E-state index contributed by atoms with van der Waals surface area (Å²) in [5, 5.41) is 0.784. The van der Waals surface area contributed by atoms with Crippen molar-refractivity contribution in [1.82, 2.24) is 5.43 Å². The fourth-order valence-corrected chi connectivity index (χ4v) is 2.87. The summed E-state index contributed by atoms with van der Waals surface area (Å²) in [4.78, 5) is 0. The maximum absolute atomic E-state index is 13.7. The third-order valence-electron chi connectivity index (χ3n) is 3.79. The van der Waals surface area contributed by atoms with Crippen LogP contribution in [0.2, 0.25) is 0 Å². The first-order valence-electron chi connectivity index (χ1n) is 7.35. The average molecular weight is 278 g/mol. The van der Waals surface area contributed by atoms with Crippen LogP contribution in [0.15, 0.2) is 28.7 Å². The average Bonchev–Trinajstić information content (AvgIpc) is 2.85. The smallest absolute Gasteiger partial charge is 0.169 e. The summed E-state index contributed by atoms with van der Waals surface area (Å²) in [6.45, 7) is 4.32. The largest absolute Gasteiger partial charge is 0.456 e. The molecular formula is C16H23FN2O. The van der Waals surface area contributed by atoms with Crippen molar-refractivity contribution in [3.05, 3.63) is 35.8 Å². The van der Waals surface area contributed by atoms with E-state index in [-0.39, 0.29) is 11.9 Å². The number of hydrogen-bond donors (Lipinski definition) is 2. The molecule has 3 N–H and O–H groups in total. The molecule has 0 aliphatic carbocycles. The van der Waals surface area contributed by atoms with Crippen molar-refractivity contribution in [3.63, 3.8) is 0 Å². The molecule has 1 unspecified atom stereocenters. The molecule has 0 aliphatic rings. The fourth-order valence-electron chi connectivity index (χ4n) is 2.87. The van der Waals surface area contributed by atoms with Crippen molar-refractivity contribution in [1.29, 1.82) is 0 Å². The van der Waals surface area contributed by atoms with Crippen LogP contribution in [-0.4, -0.2) is 0 Å². The first-order valence-corrected chi connectivity index (χ1v) is 7.35. The van der Waals surface area contributed by atoms with Gasteiger partial charge in [-0.3, -0.25) is 5.84 Å². The molecule has 2 aromatic rings. The van der Waals surface area contributed by atoms with Crippen LogP contribution < -0.4 is 11.3 Å². The number of furan rings is 1. The lowest BCUT2D eigenvalue weighted by molar-refractivity contribution is 0.283. The number of nitrogens with one attached hydrogen (secondary N) is 1. The third kappa shape index (κ3) is 3.02. The number of nitrogens with two attached hydrogens (primary N) is 1. The van der Waals surface area contributed by atoms with Gasteiger partial charge in [0.15, 0.2) is 11.4 Å². The first kappa shape index (κ1) is 15.0. The molecule has 0 saturated carbocycles. The Bertz CT molecular complexity index is 546. The SMILES string of the molecule is CCCC(CCC)C(NN)c1cc2cccc(F)c2o1. The van der Waals surface area contributed by atoms with E-state index in [9.17, 15) is 4.39 Å². The monoisotopic (exact) mass is 278 g/mol. The Labute approximate surface area is 119 Å². The highest BCUT2D eigenvalue weighted by molar-refractivity contribution is 5.78. The lowest BCUT2D eigenvalue weighted by atomic mass is 9.89. The zero-order valence-electron chi connectivity index (χ0n) is 12.2. The van der Waals surface area contributed by atoms with Crippen molar-refractivity contribution >= 4 is 11.0 Å². The summed E-state index contributed by atoms with van der Waals surface area (Å²) in [7, 11) is 0. The molecule has 1 atom stereocenters. The highest BCUT2D eigenvalue weighted by atomic mass is 19.1. The minimum absolute atomic E-state index is 0.0679. The second kappa shape index (κ2) is 6.86. The molecule has 0 spiro atoms. The van der Waals surface area contributed by atoms with Crippen LogP contribution >= 0.6 is 0 Å². The quantitative estimate of drug-likeness (QED) is 0.586. The van der Waals surface area contributed by atoms with Gasteiger partial charge in [0.1, 0.15) is 5.76 Å². The molecule has 4 heteroatoms. The van der Waals surface area contributed by atoms with E-state index >= 15 is 0 Å². The van der Waals surface area contributed by atoms with Crippen LogP contribution in [0.25, 0.3) is 11.0 Å². The molecule has 1 aromatic heterocycles. The van der Waals surface area contributed by atoms with E-state index in [0.717, 1.165) is 36.8 Å². The summed E-state index contributed by atoms with van der Waals surface area (Å²) in [5.41, 5.74) is 3.17. The van der Waals surface area contributed by atoms with Gasteiger partial charge >= 0.3 is 0 Å². The highest BCUT2D eigenvalue weighted by Gasteiger charge is 2.24. The molecule has 1 heterocycles. The molecular weight excluding hydrogens is 255 g/mol. The van der Waals surface area contributed by atoms with Gasteiger partial charge in [0.05, 0.1) is 6.04 Å². The summed E-state index contributed by atoms with van der Waals surface area (Å²) in [5.74, 6) is 6.52. The Morgan fingerprint density at radius 1 is 1.25 bits per heavy atom. The summed E-state index contributed by atoms with van der Waals surface area (Å²) >= 11 is 0. The molecule has 3 nitrogen and oxygen atoms in total. The molecule has 0 amide bonds. The van der Waals surface area contributed by atoms with Gasteiger partial charge in [-0.2, -0.15) is 0 Å². The number of hydrogen-bond acceptors (Lipinski definition) is 3. The van der Waals surface area contributed by atoms with Crippen molar-refractivity contribution in [2.24, 2.45) is 11.8 Å². The van der Waals surface area contributed by atoms with Gasteiger partial charge < -0.3 is 4.42 Å². The topological polar surface area (TPSA) is 51.2 Å². The molecule has 20 heavy (non-hydrogen) atoms. The highest BCUT2D eigenvalue weighted by Crippen LogP contribution is 2.33. The molecule has 0 bridgehead atoms. The van der Waals surface area contributed by atoms with E-state index in [1.54, 1.807) is 6.07 Å². The number of para-hydroxylation sites is 1.